The largest absolute Gasteiger partial charge is 0.389 e. The van der Waals surface area contributed by atoms with Crippen LogP contribution in [0.5, 0.6) is 0 Å². The maximum atomic E-state index is 5.69. The molecule has 2 rings (SSSR count). The lowest BCUT2D eigenvalue weighted by molar-refractivity contribution is 0.640. The van der Waals surface area contributed by atoms with Gasteiger partial charge >= 0.3 is 0 Å². The second-order valence-electron chi connectivity index (χ2n) is 5.34. The summed E-state index contributed by atoms with van der Waals surface area (Å²) < 4.78 is 0.426. The molecule has 1 aliphatic carbocycles. The van der Waals surface area contributed by atoms with E-state index in [1.54, 1.807) is 0 Å². The van der Waals surface area contributed by atoms with E-state index in [2.05, 4.69) is 30.6 Å². The number of nitrogens with two attached hydrogens (primary N) is 1. The molecule has 19 heavy (non-hydrogen) atoms. The lowest BCUT2D eigenvalue weighted by atomic mass is 10.1. The van der Waals surface area contributed by atoms with E-state index >= 15 is 0 Å². The molecule has 1 aliphatic rings. The number of rotatable bonds is 5. The van der Waals surface area contributed by atoms with Crippen LogP contribution in [0, 0.1) is 6.92 Å². The van der Waals surface area contributed by atoms with Crippen molar-refractivity contribution in [2.24, 2.45) is 5.73 Å². The molecular formula is C15H22N2S2. The number of thioether (sulfide) groups is 1. The Morgan fingerprint density at radius 2 is 2.11 bits per heavy atom. The first kappa shape index (κ1) is 14.7. The van der Waals surface area contributed by atoms with Crippen molar-refractivity contribution in [3.63, 3.8) is 0 Å². The number of anilines is 1. The summed E-state index contributed by atoms with van der Waals surface area (Å²) in [5.74, 6) is 0. The van der Waals surface area contributed by atoms with Gasteiger partial charge in [0.15, 0.2) is 0 Å². The summed E-state index contributed by atoms with van der Waals surface area (Å²) in [7, 11) is 0. The van der Waals surface area contributed by atoms with Crippen LogP contribution < -0.4 is 11.1 Å². The highest BCUT2D eigenvalue weighted by molar-refractivity contribution is 8.00. The third-order valence-electron chi connectivity index (χ3n) is 4.05. The third-order valence-corrected chi connectivity index (χ3v) is 5.69. The quantitative estimate of drug-likeness (QED) is 0.812. The molecular weight excluding hydrogens is 272 g/mol. The molecule has 1 saturated carbocycles. The van der Waals surface area contributed by atoms with Crippen LogP contribution >= 0.6 is 24.0 Å². The molecule has 0 amide bonds. The zero-order valence-corrected chi connectivity index (χ0v) is 13.3. The summed E-state index contributed by atoms with van der Waals surface area (Å²) in [6.07, 6.45) is 7.61. The van der Waals surface area contributed by atoms with Crippen LogP contribution in [0.1, 0.15) is 36.8 Å². The number of hydrogen-bond donors (Lipinski definition) is 2. The van der Waals surface area contributed by atoms with Gasteiger partial charge in [-0.2, -0.15) is 11.8 Å². The lowest BCUT2D eigenvalue weighted by Crippen LogP contribution is -2.30. The van der Waals surface area contributed by atoms with Gasteiger partial charge in [-0.15, -0.1) is 0 Å². The first-order chi connectivity index (χ1) is 9.06. The molecule has 1 aromatic carbocycles. The van der Waals surface area contributed by atoms with Gasteiger partial charge in [0.05, 0.1) is 0 Å². The second kappa shape index (κ2) is 6.14. The Morgan fingerprint density at radius 3 is 2.63 bits per heavy atom. The Labute approximate surface area is 125 Å². The molecule has 1 fully saturated rings. The van der Waals surface area contributed by atoms with Crippen molar-refractivity contribution in [3.8, 4) is 0 Å². The van der Waals surface area contributed by atoms with E-state index < -0.39 is 0 Å². The van der Waals surface area contributed by atoms with Gasteiger partial charge in [-0.05, 0) is 49.8 Å². The Balaban J connectivity index is 2.03. The van der Waals surface area contributed by atoms with Crippen molar-refractivity contribution in [3.05, 3.63) is 29.3 Å². The minimum Gasteiger partial charge on any atom is -0.389 e. The summed E-state index contributed by atoms with van der Waals surface area (Å²) in [5, 5.41) is 3.58. The normalized spacial score (nSPS) is 17.4. The smallest absolute Gasteiger partial charge is 0.104 e. The fourth-order valence-electron chi connectivity index (χ4n) is 2.79. The van der Waals surface area contributed by atoms with Gasteiger partial charge in [0.1, 0.15) is 4.99 Å². The summed E-state index contributed by atoms with van der Waals surface area (Å²) in [6.45, 7) is 3.10. The van der Waals surface area contributed by atoms with Crippen LogP contribution in [0.25, 0.3) is 0 Å². The van der Waals surface area contributed by atoms with E-state index in [9.17, 15) is 0 Å². The Bertz CT molecular complexity index is 465. The summed E-state index contributed by atoms with van der Waals surface area (Å²) in [6, 6.07) is 6.22. The molecule has 0 aromatic heterocycles. The lowest BCUT2D eigenvalue weighted by Gasteiger charge is -2.27. The minimum absolute atomic E-state index is 0.426. The standard InChI is InChI=1S/C15H22N2S2/c1-11-9-12(5-6-13(11)14(16)18)17-10-15(19-2)7-3-4-8-15/h5-6,9,17H,3-4,7-8,10H2,1-2H3,(H2,16,18). The average Bonchev–Trinajstić information content (AvgIpc) is 2.85. The van der Waals surface area contributed by atoms with Gasteiger partial charge in [0.25, 0.3) is 0 Å². The Hall–Kier alpha value is -0.740. The van der Waals surface area contributed by atoms with Crippen molar-refractivity contribution in [2.45, 2.75) is 37.4 Å². The van der Waals surface area contributed by atoms with Crippen LogP contribution in [-0.2, 0) is 0 Å². The zero-order valence-electron chi connectivity index (χ0n) is 11.7. The summed E-state index contributed by atoms with van der Waals surface area (Å²) >= 11 is 7.04. The number of benzene rings is 1. The summed E-state index contributed by atoms with van der Waals surface area (Å²) in [4.78, 5) is 0.473. The highest BCUT2D eigenvalue weighted by Crippen LogP contribution is 2.40. The number of nitrogens with one attached hydrogen (secondary N) is 1. The fourth-order valence-corrected chi connectivity index (χ4v) is 3.93. The SMILES string of the molecule is CSC1(CNc2ccc(C(N)=S)c(C)c2)CCCC1. The van der Waals surface area contributed by atoms with Crippen molar-refractivity contribution < 1.29 is 0 Å². The molecule has 4 heteroatoms. The van der Waals surface area contributed by atoms with Crippen LogP contribution in [0.3, 0.4) is 0 Å². The molecule has 2 nitrogen and oxygen atoms in total. The number of aryl methyl sites for hydroxylation is 1. The summed E-state index contributed by atoms with van der Waals surface area (Å²) in [5.41, 5.74) is 8.97. The fraction of sp³-hybridized carbons (Fsp3) is 0.533. The molecule has 0 spiro atoms. The number of thiocarbonyl (C=S) groups is 1. The van der Waals surface area contributed by atoms with Crippen molar-refractivity contribution >= 4 is 34.7 Å². The molecule has 0 saturated heterocycles. The molecule has 3 N–H and O–H groups in total. The molecule has 0 unspecified atom stereocenters. The highest BCUT2D eigenvalue weighted by Gasteiger charge is 2.32. The highest BCUT2D eigenvalue weighted by atomic mass is 32.2. The van der Waals surface area contributed by atoms with Crippen LogP contribution in [0.4, 0.5) is 5.69 Å². The van der Waals surface area contributed by atoms with Crippen molar-refractivity contribution in [2.75, 3.05) is 18.1 Å². The van der Waals surface area contributed by atoms with Crippen LogP contribution in [-0.4, -0.2) is 22.5 Å². The first-order valence-electron chi connectivity index (χ1n) is 6.76. The van der Waals surface area contributed by atoms with Gasteiger partial charge in [-0.1, -0.05) is 25.1 Å². The van der Waals surface area contributed by atoms with E-state index in [-0.39, 0.29) is 0 Å². The minimum atomic E-state index is 0.426. The number of hydrogen-bond acceptors (Lipinski definition) is 3. The predicted octanol–water partition coefficient (Wildman–Crippen LogP) is 3.72. The van der Waals surface area contributed by atoms with E-state index in [4.69, 9.17) is 18.0 Å². The molecule has 104 valence electrons. The van der Waals surface area contributed by atoms with E-state index in [0.29, 0.717) is 9.74 Å². The Morgan fingerprint density at radius 1 is 1.42 bits per heavy atom. The van der Waals surface area contributed by atoms with E-state index in [0.717, 1.165) is 23.4 Å². The van der Waals surface area contributed by atoms with Gasteiger partial charge in [0.2, 0.25) is 0 Å². The van der Waals surface area contributed by atoms with Crippen LogP contribution in [0.2, 0.25) is 0 Å². The molecule has 1 aromatic rings. The maximum absolute atomic E-state index is 5.69. The molecule has 0 heterocycles. The Kier molecular flexibility index (Phi) is 4.74. The first-order valence-corrected chi connectivity index (χ1v) is 8.39. The van der Waals surface area contributed by atoms with Crippen molar-refractivity contribution in [1.29, 1.82) is 0 Å². The van der Waals surface area contributed by atoms with Gasteiger partial charge in [-0.25, -0.2) is 0 Å². The van der Waals surface area contributed by atoms with Gasteiger partial charge in [0, 0.05) is 22.5 Å². The molecule has 0 aliphatic heterocycles. The monoisotopic (exact) mass is 294 g/mol. The van der Waals surface area contributed by atoms with Crippen molar-refractivity contribution in [1.82, 2.24) is 0 Å². The zero-order chi connectivity index (χ0) is 13.9. The van der Waals surface area contributed by atoms with E-state index in [1.807, 2.05) is 17.8 Å². The second-order valence-corrected chi connectivity index (χ2v) is 7.06. The molecule has 0 radical (unpaired) electrons. The van der Waals surface area contributed by atoms with E-state index in [1.165, 1.54) is 25.7 Å². The van der Waals surface area contributed by atoms with Gasteiger partial charge in [-0.3, -0.25) is 0 Å². The van der Waals surface area contributed by atoms with Gasteiger partial charge < -0.3 is 11.1 Å². The third kappa shape index (κ3) is 3.42. The molecule has 0 atom stereocenters. The maximum Gasteiger partial charge on any atom is 0.104 e. The predicted molar refractivity (Wildman–Crippen MR) is 90.3 cm³/mol. The molecule has 0 bridgehead atoms. The topological polar surface area (TPSA) is 38.0 Å². The van der Waals surface area contributed by atoms with Crippen LogP contribution in [0.15, 0.2) is 18.2 Å². The average molecular weight is 294 g/mol.